The first-order chi connectivity index (χ1) is 9.97. The minimum absolute atomic E-state index is 0.0690. The van der Waals surface area contributed by atoms with Crippen molar-refractivity contribution in [3.05, 3.63) is 35.4 Å². The highest BCUT2D eigenvalue weighted by molar-refractivity contribution is 6.63. The van der Waals surface area contributed by atoms with Crippen molar-refractivity contribution in [2.45, 2.75) is 18.9 Å². The second-order valence-electron chi connectivity index (χ2n) is 4.46. The van der Waals surface area contributed by atoms with Gasteiger partial charge in [0.2, 0.25) is 5.24 Å². The number of halogens is 1. The lowest BCUT2D eigenvalue weighted by atomic mass is 10.1. The van der Waals surface area contributed by atoms with Gasteiger partial charge >= 0.3 is 5.97 Å². The molecule has 1 aromatic rings. The molecule has 1 heterocycles. The van der Waals surface area contributed by atoms with Crippen LogP contribution in [0.2, 0.25) is 0 Å². The normalized spacial score (nSPS) is 14.9. The third kappa shape index (κ3) is 2.80. The summed E-state index contributed by atoms with van der Waals surface area (Å²) in [5.41, 5.74) is 0.460. The first kappa shape index (κ1) is 15.2. The molecule has 1 aromatic carbocycles. The van der Waals surface area contributed by atoms with Crippen LogP contribution in [0, 0.1) is 0 Å². The van der Waals surface area contributed by atoms with Gasteiger partial charge in [-0.3, -0.25) is 19.3 Å². The molecule has 0 saturated carbocycles. The minimum Gasteiger partial charge on any atom is -0.467 e. The first-order valence-corrected chi connectivity index (χ1v) is 6.58. The molecule has 7 heteroatoms. The van der Waals surface area contributed by atoms with E-state index in [0.29, 0.717) is 0 Å². The number of hydrogen-bond donors (Lipinski definition) is 0. The number of carbonyl (C=O) groups is 4. The lowest BCUT2D eigenvalue weighted by molar-refractivity contribution is -0.145. The van der Waals surface area contributed by atoms with Gasteiger partial charge in [-0.05, 0) is 30.2 Å². The quantitative estimate of drug-likeness (QED) is 0.466. The topological polar surface area (TPSA) is 80.8 Å². The third-order valence-corrected chi connectivity index (χ3v) is 3.41. The van der Waals surface area contributed by atoms with Crippen LogP contribution in [0.5, 0.6) is 0 Å². The summed E-state index contributed by atoms with van der Waals surface area (Å²) >= 11 is 5.26. The number of carbonyl (C=O) groups excluding carboxylic acids is 4. The summed E-state index contributed by atoms with van der Waals surface area (Å²) in [4.78, 5) is 48.1. The Morgan fingerprint density at radius 2 is 1.71 bits per heavy atom. The summed E-state index contributed by atoms with van der Waals surface area (Å²) in [7, 11) is 1.15. The van der Waals surface area contributed by atoms with E-state index in [0.717, 1.165) is 12.0 Å². The van der Waals surface area contributed by atoms with Crippen LogP contribution >= 0.6 is 11.6 Å². The molecule has 110 valence electrons. The highest BCUT2D eigenvalue weighted by Crippen LogP contribution is 2.26. The molecule has 6 nitrogen and oxygen atoms in total. The van der Waals surface area contributed by atoms with Crippen LogP contribution in [0.15, 0.2) is 24.3 Å². The van der Waals surface area contributed by atoms with E-state index in [2.05, 4.69) is 4.74 Å². The van der Waals surface area contributed by atoms with E-state index in [1.807, 2.05) is 0 Å². The molecule has 21 heavy (non-hydrogen) atoms. The van der Waals surface area contributed by atoms with Crippen molar-refractivity contribution >= 4 is 34.6 Å². The molecule has 0 bridgehead atoms. The predicted molar refractivity (Wildman–Crippen MR) is 72.8 cm³/mol. The lowest BCUT2D eigenvalue weighted by Crippen LogP contribution is -2.45. The maximum absolute atomic E-state index is 12.3. The maximum Gasteiger partial charge on any atom is 0.329 e. The van der Waals surface area contributed by atoms with Crippen molar-refractivity contribution in [3.63, 3.8) is 0 Å². The van der Waals surface area contributed by atoms with Crippen molar-refractivity contribution in [1.82, 2.24) is 4.90 Å². The fourth-order valence-electron chi connectivity index (χ4n) is 2.23. The van der Waals surface area contributed by atoms with Gasteiger partial charge in [-0.25, -0.2) is 4.79 Å². The van der Waals surface area contributed by atoms with Gasteiger partial charge < -0.3 is 4.74 Å². The summed E-state index contributed by atoms with van der Waals surface area (Å²) in [6.07, 6.45) is -0.213. The molecule has 1 aliphatic rings. The minimum atomic E-state index is -1.16. The number of imide groups is 1. The largest absolute Gasteiger partial charge is 0.467 e. The van der Waals surface area contributed by atoms with Gasteiger partial charge in [0, 0.05) is 6.42 Å². The number of rotatable bonds is 5. The van der Waals surface area contributed by atoms with E-state index in [-0.39, 0.29) is 24.0 Å². The van der Waals surface area contributed by atoms with Crippen LogP contribution in [0.3, 0.4) is 0 Å². The standard InChI is InChI=1S/C14H12ClNO5/c1-21-14(20)10(6-7-11(15)17)16-12(18)8-4-2-3-5-9(8)13(16)19/h2-5,10H,6-7H2,1H3. The maximum atomic E-state index is 12.3. The summed E-state index contributed by atoms with van der Waals surface area (Å²) < 4.78 is 4.61. The average molecular weight is 310 g/mol. The number of fused-ring (bicyclic) bond motifs is 1. The highest BCUT2D eigenvalue weighted by Gasteiger charge is 2.43. The molecule has 2 amide bonds. The zero-order chi connectivity index (χ0) is 15.6. The van der Waals surface area contributed by atoms with Crippen molar-refractivity contribution in [1.29, 1.82) is 0 Å². The van der Waals surface area contributed by atoms with Crippen LogP contribution in [0.4, 0.5) is 0 Å². The summed E-state index contributed by atoms with van der Waals surface area (Å²) in [5.74, 6) is -1.91. The Labute approximate surface area is 125 Å². The molecule has 0 fully saturated rings. The monoisotopic (exact) mass is 309 g/mol. The van der Waals surface area contributed by atoms with Gasteiger partial charge in [-0.1, -0.05) is 12.1 Å². The highest BCUT2D eigenvalue weighted by atomic mass is 35.5. The Morgan fingerprint density at radius 1 is 1.19 bits per heavy atom. The zero-order valence-electron chi connectivity index (χ0n) is 11.2. The predicted octanol–water partition coefficient (Wildman–Crippen LogP) is 1.37. The zero-order valence-corrected chi connectivity index (χ0v) is 11.9. The second kappa shape index (κ2) is 6.05. The van der Waals surface area contributed by atoms with Crippen molar-refractivity contribution in [2.75, 3.05) is 7.11 Å². The van der Waals surface area contributed by atoms with Crippen molar-refractivity contribution in [3.8, 4) is 0 Å². The fraction of sp³-hybridized carbons (Fsp3) is 0.286. The van der Waals surface area contributed by atoms with Gasteiger partial charge in [0.15, 0.2) is 0 Å². The van der Waals surface area contributed by atoms with Gasteiger partial charge in [0.25, 0.3) is 11.8 Å². The smallest absolute Gasteiger partial charge is 0.329 e. The van der Waals surface area contributed by atoms with E-state index in [4.69, 9.17) is 11.6 Å². The molecule has 2 rings (SSSR count). The summed E-state index contributed by atoms with van der Waals surface area (Å²) in [6.45, 7) is 0. The average Bonchev–Trinajstić information content (AvgIpc) is 2.72. The Kier molecular flexibility index (Phi) is 4.37. The van der Waals surface area contributed by atoms with Crippen molar-refractivity contribution in [2.24, 2.45) is 0 Å². The number of hydrogen-bond acceptors (Lipinski definition) is 5. The Bertz CT molecular complexity index is 593. The molecular formula is C14H12ClNO5. The first-order valence-electron chi connectivity index (χ1n) is 6.20. The SMILES string of the molecule is COC(=O)C(CCC(=O)Cl)N1C(=O)c2ccccc2C1=O. The van der Waals surface area contributed by atoms with Gasteiger partial charge in [-0.2, -0.15) is 0 Å². The molecule has 0 radical (unpaired) electrons. The van der Waals surface area contributed by atoms with E-state index in [9.17, 15) is 19.2 Å². The molecule has 0 aromatic heterocycles. The van der Waals surface area contributed by atoms with Gasteiger partial charge in [0.1, 0.15) is 6.04 Å². The summed E-state index contributed by atoms with van der Waals surface area (Å²) in [5, 5.41) is -0.652. The van der Waals surface area contributed by atoms with Crippen LogP contribution in [-0.2, 0) is 14.3 Å². The van der Waals surface area contributed by atoms with Crippen LogP contribution in [0.25, 0.3) is 0 Å². The number of methoxy groups -OCH3 is 1. The second-order valence-corrected chi connectivity index (χ2v) is 4.88. The molecule has 0 spiro atoms. The molecule has 1 atom stereocenters. The van der Waals surface area contributed by atoms with E-state index in [1.54, 1.807) is 12.1 Å². The van der Waals surface area contributed by atoms with Gasteiger partial charge in [-0.15, -0.1) is 0 Å². The lowest BCUT2D eigenvalue weighted by Gasteiger charge is -2.23. The fourth-order valence-corrected chi connectivity index (χ4v) is 2.34. The molecule has 0 saturated heterocycles. The molecular weight excluding hydrogens is 298 g/mol. The van der Waals surface area contributed by atoms with Crippen LogP contribution in [0.1, 0.15) is 33.6 Å². The number of nitrogens with zero attached hydrogens (tertiary/aromatic N) is 1. The van der Waals surface area contributed by atoms with E-state index < -0.39 is 29.1 Å². The number of amides is 2. The molecule has 0 aliphatic carbocycles. The Balaban J connectivity index is 2.33. The molecule has 1 unspecified atom stereocenters. The van der Waals surface area contributed by atoms with Crippen molar-refractivity contribution < 1.29 is 23.9 Å². The summed E-state index contributed by atoms with van der Waals surface area (Å²) in [6, 6.07) is 5.11. The number of ether oxygens (including phenoxy) is 1. The number of esters is 1. The Hall–Kier alpha value is -2.21. The molecule has 0 N–H and O–H groups in total. The number of benzene rings is 1. The van der Waals surface area contributed by atoms with Crippen LogP contribution in [-0.4, -0.2) is 41.1 Å². The molecule has 1 aliphatic heterocycles. The van der Waals surface area contributed by atoms with Crippen LogP contribution < -0.4 is 0 Å². The van der Waals surface area contributed by atoms with Gasteiger partial charge in [0.05, 0.1) is 18.2 Å². The third-order valence-electron chi connectivity index (χ3n) is 3.22. The Morgan fingerprint density at radius 3 is 2.14 bits per heavy atom. The van der Waals surface area contributed by atoms with E-state index in [1.165, 1.54) is 12.1 Å². The van der Waals surface area contributed by atoms with E-state index >= 15 is 0 Å².